The molecule has 0 atom stereocenters. The Morgan fingerprint density at radius 1 is 1.24 bits per heavy atom. The topological polar surface area (TPSA) is 82.0 Å². The fourth-order valence-corrected chi connectivity index (χ4v) is 1.74. The second-order valence-electron chi connectivity index (χ2n) is 3.70. The highest BCUT2D eigenvalue weighted by Gasteiger charge is 2.10. The van der Waals surface area contributed by atoms with Gasteiger partial charge < -0.3 is 5.73 Å². The third kappa shape index (κ3) is 1.50. The van der Waals surface area contributed by atoms with Gasteiger partial charge in [0, 0.05) is 30.2 Å². The summed E-state index contributed by atoms with van der Waals surface area (Å²) >= 11 is 0. The first kappa shape index (κ1) is 9.71. The summed E-state index contributed by atoms with van der Waals surface area (Å²) < 4.78 is 1.64. The van der Waals surface area contributed by atoms with Crippen LogP contribution in [0.2, 0.25) is 0 Å². The van der Waals surface area contributed by atoms with Crippen LogP contribution in [0, 0.1) is 6.92 Å². The third-order valence-corrected chi connectivity index (χ3v) is 2.53. The Labute approximate surface area is 97.2 Å². The summed E-state index contributed by atoms with van der Waals surface area (Å²) in [7, 11) is 0. The van der Waals surface area contributed by atoms with Crippen LogP contribution < -0.4 is 5.73 Å². The number of nitrogens with two attached hydrogens (primary N) is 1. The van der Waals surface area contributed by atoms with Crippen LogP contribution in [-0.4, -0.2) is 24.6 Å². The molecule has 0 aliphatic heterocycles. The monoisotopic (exact) mass is 226 g/mol. The molecule has 17 heavy (non-hydrogen) atoms. The molecule has 3 heterocycles. The molecule has 0 radical (unpaired) electrons. The molecule has 84 valence electrons. The van der Waals surface area contributed by atoms with Crippen molar-refractivity contribution >= 4 is 11.6 Å². The molecule has 0 amide bonds. The molecule has 6 heteroatoms. The first-order valence-electron chi connectivity index (χ1n) is 5.14. The van der Waals surface area contributed by atoms with Crippen molar-refractivity contribution in [2.24, 2.45) is 0 Å². The Morgan fingerprint density at radius 3 is 2.94 bits per heavy atom. The minimum atomic E-state index is 0.242. The molecule has 0 unspecified atom stereocenters. The second-order valence-corrected chi connectivity index (χ2v) is 3.70. The molecule has 3 aromatic heterocycles. The maximum absolute atomic E-state index is 5.59. The van der Waals surface area contributed by atoms with Crippen molar-refractivity contribution in [2.75, 3.05) is 5.73 Å². The highest BCUT2D eigenvalue weighted by molar-refractivity contribution is 5.62. The average molecular weight is 226 g/mol. The minimum absolute atomic E-state index is 0.242. The molecule has 0 saturated carbocycles. The zero-order chi connectivity index (χ0) is 11.8. The molecule has 3 rings (SSSR count). The molecule has 0 saturated heterocycles. The van der Waals surface area contributed by atoms with Crippen molar-refractivity contribution in [3.8, 4) is 11.4 Å². The average Bonchev–Trinajstić information content (AvgIpc) is 2.70. The normalized spacial score (nSPS) is 10.9. The first-order valence-corrected chi connectivity index (χ1v) is 5.14. The van der Waals surface area contributed by atoms with Gasteiger partial charge in [0.15, 0.2) is 11.5 Å². The van der Waals surface area contributed by atoms with Gasteiger partial charge in [-0.25, -0.2) is 4.98 Å². The summed E-state index contributed by atoms with van der Waals surface area (Å²) in [5.41, 5.74) is 8.27. The van der Waals surface area contributed by atoms with Crippen LogP contribution in [0.25, 0.3) is 17.0 Å². The number of nitrogens with zero attached hydrogens (tertiary/aromatic N) is 5. The molecule has 0 bridgehead atoms. The summed E-state index contributed by atoms with van der Waals surface area (Å²) in [5, 5.41) is 4.13. The van der Waals surface area contributed by atoms with Crippen LogP contribution in [0.5, 0.6) is 0 Å². The Morgan fingerprint density at radius 2 is 2.12 bits per heavy atom. The van der Waals surface area contributed by atoms with E-state index in [2.05, 4.69) is 20.1 Å². The third-order valence-electron chi connectivity index (χ3n) is 2.53. The number of hydrogen-bond acceptors (Lipinski definition) is 5. The lowest BCUT2D eigenvalue weighted by Gasteiger charge is -2.05. The Kier molecular flexibility index (Phi) is 2.01. The maximum Gasteiger partial charge on any atom is 0.240 e. The highest BCUT2D eigenvalue weighted by atomic mass is 15.3. The van der Waals surface area contributed by atoms with Gasteiger partial charge in [0.1, 0.15) is 0 Å². The summed E-state index contributed by atoms with van der Waals surface area (Å²) in [6.45, 7) is 1.98. The molecule has 2 N–H and O–H groups in total. The van der Waals surface area contributed by atoms with Crippen molar-refractivity contribution in [3.05, 3.63) is 36.3 Å². The number of fused-ring (bicyclic) bond motifs is 1. The lowest BCUT2D eigenvalue weighted by Crippen LogP contribution is -1.99. The summed E-state index contributed by atoms with van der Waals surface area (Å²) in [6.07, 6.45) is 5.21. The van der Waals surface area contributed by atoms with E-state index in [0.29, 0.717) is 11.5 Å². The zero-order valence-corrected chi connectivity index (χ0v) is 9.20. The van der Waals surface area contributed by atoms with Gasteiger partial charge >= 0.3 is 0 Å². The Bertz CT molecular complexity index is 687. The number of anilines is 1. The molecular formula is C11H10N6. The fraction of sp³-hybridized carbons (Fsp3) is 0.0909. The lowest BCUT2D eigenvalue weighted by molar-refractivity contribution is 0.936. The van der Waals surface area contributed by atoms with E-state index in [1.54, 1.807) is 29.2 Å². The van der Waals surface area contributed by atoms with Crippen LogP contribution in [-0.2, 0) is 0 Å². The van der Waals surface area contributed by atoms with Gasteiger partial charge in [-0.2, -0.15) is 9.50 Å². The van der Waals surface area contributed by atoms with Crippen LogP contribution in [0.15, 0.2) is 30.7 Å². The van der Waals surface area contributed by atoms with E-state index in [1.165, 1.54) is 0 Å². The smallest absolute Gasteiger partial charge is 0.240 e. The number of rotatable bonds is 1. The summed E-state index contributed by atoms with van der Waals surface area (Å²) in [5.74, 6) is 0.956. The van der Waals surface area contributed by atoms with E-state index in [4.69, 9.17) is 5.73 Å². The Hall–Kier alpha value is -2.50. The molecule has 0 aromatic carbocycles. The van der Waals surface area contributed by atoms with Crippen molar-refractivity contribution in [3.63, 3.8) is 0 Å². The molecule has 0 fully saturated rings. The standard InChI is InChI=1S/C11H10N6/c1-7-6-13-4-2-8(7)10-14-5-3-9-15-11(12)16-17(9)10/h2-6H,1H3,(H2,12,16). The van der Waals surface area contributed by atoms with Crippen LogP contribution in [0.4, 0.5) is 5.95 Å². The van der Waals surface area contributed by atoms with Gasteiger partial charge in [0.2, 0.25) is 5.95 Å². The van der Waals surface area contributed by atoms with E-state index in [-0.39, 0.29) is 5.95 Å². The van der Waals surface area contributed by atoms with E-state index in [0.717, 1.165) is 11.1 Å². The molecule has 6 nitrogen and oxygen atoms in total. The SMILES string of the molecule is Cc1cnccc1-c1nccc2nc(N)nn12. The second kappa shape index (κ2) is 3.51. The van der Waals surface area contributed by atoms with Gasteiger partial charge in [-0.1, -0.05) is 0 Å². The maximum atomic E-state index is 5.59. The van der Waals surface area contributed by atoms with E-state index in [9.17, 15) is 0 Å². The number of pyridine rings is 1. The van der Waals surface area contributed by atoms with Crippen molar-refractivity contribution in [1.82, 2.24) is 24.6 Å². The Balaban J connectivity index is 2.34. The first-order chi connectivity index (χ1) is 8.25. The molecule has 0 aliphatic rings. The fourth-order valence-electron chi connectivity index (χ4n) is 1.74. The van der Waals surface area contributed by atoms with Gasteiger partial charge in [-0.15, -0.1) is 5.10 Å². The van der Waals surface area contributed by atoms with Gasteiger partial charge in [0.25, 0.3) is 0 Å². The molecule has 0 spiro atoms. The van der Waals surface area contributed by atoms with Crippen molar-refractivity contribution in [2.45, 2.75) is 6.92 Å². The van der Waals surface area contributed by atoms with Crippen LogP contribution >= 0.6 is 0 Å². The minimum Gasteiger partial charge on any atom is -0.366 e. The van der Waals surface area contributed by atoms with Crippen molar-refractivity contribution in [1.29, 1.82) is 0 Å². The van der Waals surface area contributed by atoms with Gasteiger partial charge in [0.05, 0.1) is 0 Å². The largest absolute Gasteiger partial charge is 0.366 e. The molecule has 0 aliphatic carbocycles. The van der Waals surface area contributed by atoms with Crippen LogP contribution in [0.3, 0.4) is 0 Å². The molecule has 3 aromatic rings. The predicted octanol–water partition coefficient (Wildman–Crippen LogP) is 1.08. The summed E-state index contributed by atoms with van der Waals surface area (Å²) in [6, 6.07) is 3.67. The predicted molar refractivity (Wildman–Crippen MR) is 63.2 cm³/mol. The number of aryl methyl sites for hydroxylation is 1. The van der Waals surface area contributed by atoms with Gasteiger partial charge in [-0.05, 0) is 18.6 Å². The van der Waals surface area contributed by atoms with E-state index in [1.807, 2.05) is 13.0 Å². The summed E-state index contributed by atoms with van der Waals surface area (Å²) in [4.78, 5) is 12.5. The van der Waals surface area contributed by atoms with E-state index >= 15 is 0 Å². The lowest BCUT2D eigenvalue weighted by atomic mass is 10.1. The zero-order valence-electron chi connectivity index (χ0n) is 9.20. The number of hydrogen-bond donors (Lipinski definition) is 1. The number of aromatic nitrogens is 5. The molecular weight excluding hydrogens is 216 g/mol. The van der Waals surface area contributed by atoms with Gasteiger partial charge in [-0.3, -0.25) is 4.98 Å². The van der Waals surface area contributed by atoms with Crippen molar-refractivity contribution < 1.29 is 0 Å². The quantitative estimate of drug-likeness (QED) is 0.671. The number of nitrogen functional groups attached to an aromatic ring is 1. The van der Waals surface area contributed by atoms with E-state index < -0.39 is 0 Å². The highest BCUT2D eigenvalue weighted by Crippen LogP contribution is 2.20. The van der Waals surface area contributed by atoms with Crippen LogP contribution in [0.1, 0.15) is 5.56 Å².